The van der Waals surface area contributed by atoms with Gasteiger partial charge in [-0.05, 0) is 34.2 Å². The van der Waals surface area contributed by atoms with Crippen LogP contribution in [-0.2, 0) is 6.54 Å². The molecule has 1 aromatic carbocycles. The molecule has 10 heteroatoms. The summed E-state index contributed by atoms with van der Waals surface area (Å²) in [6, 6.07) is 5.91. The van der Waals surface area contributed by atoms with Gasteiger partial charge in [-0.3, -0.25) is 0 Å². The monoisotopic (exact) mass is 356 g/mol. The van der Waals surface area contributed by atoms with Crippen molar-refractivity contribution in [3.63, 3.8) is 0 Å². The molecule has 0 fully saturated rings. The quantitative estimate of drug-likeness (QED) is 0.617. The Balaban J connectivity index is 1.92. The van der Waals surface area contributed by atoms with Gasteiger partial charge in [-0.1, -0.05) is 0 Å². The van der Waals surface area contributed by atoms with Crippen LogP contribution in [0.2, 0.25) is 0 Å². The molecule has 0 atom stereocenters. The normalized spacial score (nSPS) is 10.3. The molecule has 2 rings (SSSR count). The highest BCUT2D eigenvalue weighted by Crippen LogP contribution is 2.14. The minimum atomic E-state index is -1.01. The number of carboxylic acid groups (broad SMARTS) is 1. The van der Waals surface area contributed by atoms with E-state index in [1.54, 1.807) is 0 Å². The molecule has 9 nitrogen and oxygen atoms in total. The first-order valence-electron chi connectivity index (χ1n) is 5.68. The second-order valence-electron chi connectivity index (χ2n) is 3.84. The van der Waals surface area contributed by atoms with Gasteiger partial charge in [-0.25, -0.2) is 4.79 Å². The standard InChI is InChI=1S/C11H9BrN4O5/c12-10-13-11(16(19)20)14-15(10)5-6-21-8-3-1-7(2-4-8)9(17)18/h1-4H,5-6H2,(H,17,18). The summed E-state index contributed by atoms with van der Waals surface area (Å²) in [7, 11) is 0. The van der Waals surface area contributed by atoms with Gasteiger partial charge in [-0.2, -0.15) is 4.68 Å². The van der Waals surface area contributed by atoms with Crippen LogP contribution in [0.5, 0.6) is 5.75 Å². The number of nitrogens with zero attached hydrogens (tertiary/aromatic N) is 4. The molecule has 2 aromatic rings. The predicted molar refractivity (Wildman–Crippen MR) is 73.3 cm³/mol. The van der Waals surface area contributed by atoms with Gasteiger partial charge in [0.05, 0.1) is 12.1 Å². The average molecular weight is 357 g/mol. The second kappa shape index (κ2) is 6.31. The summed E-state index contributed by atoms with van der Waals surface area (Å²) >= 11 is 3.06. The first-order valence-corrected chi connectivity index (χ1v) is 6.47. The van der Waals surface area contributed by atoms with Gasteiger partial charge < -0.3 is 20.0 Å². The van der Waals surface area contributed by atoms with Gasteiger partial charge in [0.2, 0.25) is 0 Å². The lowest BCUT2D eigenvalue weighted by atomic mass is 10.2. The lowest BCUT2D eigenvalue weighted by Gasteiger charge is -2.05. The number of carbonyl (C=O) groups is 1. The van der Waals surface area contributed by atoms with Crippen molar-refractivity contribution in [1.82, 2.24) is 14.8 Å². The van der Waals surface area contributed by atoms with E-state index < -0.39 is 16.8 Å². The molecule has 0 radical (unpaired) electrons. The highest BCUT2D eigenvalue weighted by atomic mass is 79.9. The van der Waals surface area contributed by atoms with Crippen LogP contribution in [0.15, 0.2) is 29.0 Å². The maximum Gasteiger partial charge on any atom is 0.492 e. The molecule has 1 heterocycles. The number of ether oxygens (including phenoxy) is 1. The van der Waals surface area contributed by atoms with Gasteiger partial charge in [0.15, 0.2) is 0 Å². The molecule has 0 aliphatic rings. The Bertz CT molecular complexity index is 670. The Morgan fingerprint density at radius 1 is 1.43 bits per heavy atom. The SMILES string of the molecule is O=C(O)c1ccc(OCCn2nc([N+](=O)[O-])nc2Br)cc1. The number of rotatable bonds is 6. The number of aromatic carboxylic acids is 1. The highest BCUT2D eigenvalue weighted by molar-refractivity contribution is 9.10. The maximum absolute atomic E-state index is 10.7. The number of hydrogen-bond donors (Lipinski definition) is 1. The second-order valence-corrected chi connectivity index (χ2v) is 4.55. The number of benzene rings is 1. The number of halogens is 1. The fraction of sp³-hybridized carbons (Fsp3) is 0.182. The fourth-order valence-corrected chi connectivity index (χ4v) is 1.89. The highest BCUT2D eigenvalue weighted by Gasteiger charge is 2.19. The van der Waals surface area contributed by atoms with Gasteiger partial charge in [0.1, 0.15) is 12.4 Å². The summed E-state index contributed by atoms with van der Waals surface area (Å²) in [5, 5.41) is 23.0. The van der Waals surface area contributed by atoms with Crippen molar-refractivity contribution in [1.29, 1.82) is 0 Å². The van der Waals surface area contributed by atoms with Crippen molar-refractivity contribution < 1.29 is 19.6 Å². The summed E-state index contributed by atoms with van der Waals surface area (Å²) < 4.78 is 6.93. The molecule has 0 saturated carbocycles. The van der Waals surface area contributed by atoms with Gasteiger partial charge in [0.25, 0.3) is 4.73 Å². The van der Waals surface area contributed by atoms with E-state index in [-0.39, 0.29) is 23.4 Å². The largest absolute Gasteiger partial charge is 0.492 e. The molecule has 0 amide bonds. The predicted octanol–water partition coefficient (Wildman–Crippen LogP) is 1.73. The average Bonchev–Trinajstić information content (AvgIpc) is 2.81. The van der Waals surface area contributed by atoms with Crippen LogP contribution in [0.3, 0.4) is 0 Å². The van der Waals surface area contributed by atoms with Gasteiger partial charge in [0, 0.05) is 21.0 Å². The topological polar surface area (TPSA) is 120 Å². The Labute approximate surface area is 126 Å². The van der Waals surface area contributed by atoms with Crippen molar-refractivity contribution in [3.05, 3.63) is 44.7 Å². The van der Waals surface area contributed by atoms with E-state index in [9.17, 15) is 14.9 Å². The third-order valence-electron chi connectivity index (χ3n) is 2.45. The van der Waals surface area contributed by atoms with Crippen LogP contribution in [0.1, 0.15) is 10.4 Å². The fourth-order valence-electron chi connectivity index (χ4n) is 1.48. The molecule has 21 heavy (non-hydrogen) atoms. The summed E-state index contributed by atoms with van der Waals surface area (Å²) in [5.74, 6) is -1.01. The lowest BCUT2D eigenvalue weighted by Crippen LogP contribution is -2.10. The lowest BCUT2D eigenvalue weighted by molar-refractivity contribution is -0.394. The van der Waals surface area contributed by atoms with Crippen molar-refractivity contribution in [2.45, 2.75) is 6.54 Å². The zero-order valence-electron chi connectivity index (χ0n) is 10.5. The molecular formula is C11H9BrN4O5. The van der Waals surface area contributed by atoms with Crippen molar-refractivity contribution in [2.24, 2.45) is 0 Å². The van der Waals surface area contributed by atoms with Crippen LogP contribution < -0.4 is 4.74 Å². The summed E-state index contributed by atoms with van der Waals surface area (Å²) in [6.07, 6.45) is 0. The smallest absolute Gasteiger partial charge is 0.492 e. The van der Waals surface area contributed by atoms with E-state index >= 15 is 0 Å². The van der Waals surface area contributed by atoms with E-state index in [0.29, 0.717) is 5.75 Å². The van der Waals surface area contributed by atoms with E-state index in [2.05, 4.69) is 26.0 Å². The van der Waals surface area contributed by atoms with Gasteiger partial charge in [-0.15, -0.1) is 0 Å². The van der Waals surface area contributed by atoms with Crippen LogP contribution >= 0.6 is 15.9 Å². The van der Waals surface area contributed by atoms with Crippen molar-refractivity contribution >= 4 is 27.8 Å². The summed E-state index contributed by atoms with van der Waals surface area (Å²) in [4.78, 5) is 24.1. The minimum Gasteiger partial charge on any atom is -0.492 e. The first kappa shape index (κ1) is 14.9. The Hall–Kier alpha value is -2.49. The van der Waals surface area contributed by atoms with Crippen molar-refractivity contribution in [3.8, 4) is 5.75 Å². The molecular weight excluding hydrogens is 348 g/mol. The van der Waals surface area contributed by atoms with Gasteiger partial charge >= 0.3 is 11.9 Å². The Kier molecular flexibility index (Phi) is 4.48. The van der Waals surface area contributed by atoms with E-state index in [4.69, 9.17) is 9.84 Å². The van der Waals surface area contributed by atoms with E-state index in [1.807, 2.05) is 0 Å². The van der Waals surface area contributed by atoms with Crippen LogP contribution in [0, 0.1) is 10.1 Å². The number of hydrogen-bond acceptors (Lipinski definition) is 6. The molecule has 1 N–H and O–H groups in total. The molecule has 110 valence electrons. The molecule has 0 aliphatic heterocycles. The number of aromatic nitrogens is 3. The zero-order valence-corrected chi connectivity index (χ0v) is 12.1. The van der Waals surface area contributed by atoms with Crippen LogP contribution in [-0.4, -0.2) is 37.4 Å². The third kappa shape index (κ3) is 3.75. The molecule has 1 aromatic heterocycles. The molecule has 0 saturated heterocycles. The number of carboxylic acids is 1. The third-order valence-corrected chi connectivity index (χ3v) is 3.04. The first-order chi connectivity index (χ1) is 9.97. The van der Waals surface area contributed by atoms with E-state index in [1.165, 1.54) is 28.9 Å². The molecule has 0 unspecified atom stereocenters. The maximum atomic E-state index is 10.7. The zero-order chi connectivity index (χ0) is 15.4. The molecule has 0 spiro atoms. The summed E-state index contributed by atoms with van der Waals surface area (Å²) in [5.41, 5.74) is 0.164. The summed E-state index contributed by atoms with van der Waals surface area (Å²) in [6.45, 7) is 0.452. The van der Waals surface area contributed by atoms with Crippen LogP contribution in [0.4, 0.5) is 5.95 Å². The molecule has 0 aliphatic carbocycles. The minimum absolute atomic E-state index is 0.164. The Morgan fingerprint density at radius 3 is 2.62 bits per heavy atom. The Morgan fingerprint density at radius 2 is 2.10 bits per heavy atom. The molecule has 0 bridgehead atoms. The van der Waals surface area contributed by atoms with Crippen LogP contribution in [0.25, 0.3) is 0 Å². The van der Waals surface area contributed by atoms with Crippen molar-refractivity contribution in [2.75, 3.05) is 6.61 Å². The van der Waals surface area contributed by atoms with E-state index in [0.717, 1.165) is 0 Å². The number of nitro groups is 1.